The van der Waals surface area contributed by atoms with Gasteiger partial charge in [-0.05, 0) is 18.1 Å². The van der Waals surface area contributed by atoms with E-state index in [1.165, 1.54) is 0 Å². The zero-order valence-corrected chi connectivity index (χ0v) is 12.0. The van der Waals surface area contributed by atoms with Crippen LogP contribution < -0.4 is 5.32 Å². The molecule has 0 spiro atoms. The maximum absolute atomic E-state index is 11.1. The molecule has 1 N–H and O–H groups in total. The van der Waals surface area contributed by atoms with Gasteiger partial charge in [0.2, 0.25) is 5.91 Å². The van der Waals surface area contributed by atoms with E-state index in [4.69, 9.17) is 4.74 Å². The molecule has 2 atom stereocenters. The zero-order valence-electron chi connectivity index (χ0n) is 12.0. The molecule has 1 fully saturated rings. The average Bonchev–Trinajstić information content (AvgIpc) is 2.51. The number of carbonyl (C=O) groups is 1. The third kappa shape index (κ3) is 3.14. The highest BCUT2D eigenvalue weighted by atomic mass is 16.5. The van der Waals surface area contributed by atoms with Crippen LogP contribution in [0.3, 0.4) is 0 Å². The van der Waals surface area contributed by atoms with Gasteiger partial charge in [-0.25, -0.2) is 0 Å². The molecule has 1 saturated heterocycles. The molecule has 1 amide bonds. The number of amides is 1. The van der Waals surface area contributed by atoms with Gasteiger partial charge in [0.1, 0.15) is 6.10 Å². The molecule has 1 aliphatic heterocycles. The van der Waals surface area contributed by atoms with Crippen LogP contribution in [0.2, 0.25) is 0 Å². The van der Waals surface area contributed by atoms with E-state index >= 15 is 0 Å². The number of benzene rings is 2. The van der Waals surface area contributed by atoms with Crippen LogP contribution in [0.1, 0.15) is 30.6 Å². The van der Waals surface area contributed by atoms with Gasteiger partial charge in [-0.15, -0.1) is 0 Å². The van der Waals surface area contributed by atoms with Crippen LogP contribution >= 0.6 is 0 Å². The number of hydrogen-bond acceptors (Lipinski definition) is 2. The predicted molar refractivity (Wildman–Crippen MR) is 81.8 cm³/mol. The third-order valence-corrected chi connectivity index (χ3v) is 3.87. The second-order valence-corrected chi connectivity index (χ2v) is 5.42. The topological polar surface area (TPSA) is 38.3 Å². The fourth-order valence-electron chi connectivity index (χ4n) is 2.58. The Morgan fingerprint density at radius 2 is 1.48 bits per heavy atom. The summed E-state index contributed by atoms with van der Waals surface area (Å²) in [4.78, 5) is 11.1. The van der Waals surface area contributed by atoms with E-state index in [0.29, 0.717) is 6.42 Å². The standard InChI is InChI=1S/C18H19NO2/c1-13(16-12-17(20)19-16)21-18(14-8-4-2-5-9-14)15-10-6-3-7-11-15/h2-11,13,16,18H,12H2,1H3,(H,19,20). The number of rotatable bonds is 5. The first-order chi connectivity index (χ1) is 10.2. The predicted octanol–water partition coefficient (Wildman–Crippen LogP) is 3.07. The van der Waals surface area contributed by atoms with E-state index in [1.54, 1.807) is 0 Å². The highest BCUT2D eigenvalue weighted by Crippen LogP contribution is 2.29. The Balaban J connectivity index is 1.81. The van der Waals surface area contributed by atoms with Crippen molar-refractivity contribution in [2.24, 2.45) is 0 Å². The lowest BCUT2D eigenvalue weighted by molar-refractivity contribution is -0.133. The van der Waals surface area contributed by atoms with E-state index in [9.17, 15) is 4.79 Å². The minimum Gasteiger partial charge on any atom is -0.364 e. The van der Waals surface area contributed by atoms with Gasteiger partial charge in [0.15, 0.2) is 0 Å². The molecular formula is C18H19NO2. The molecule has 21 heavy (non-hydrogen) atoms. The molecule has 2 unspecified atom stereocenters. The summed E-state index contributed by atoms with van der Waals surface area (Å²) < 4.78 is 6.26. The maximum Gasteiger partial charge on any atom is 0.222 e. The van der Waals surface area contributed by atoms with Crippen molar-refractivity contribution in [1.29, 1.82) is 0 Å². The van der Waals surface area contributed by atoms with Crippen LogP contribution in [0.15, 0.2) is 60.7 Å². The van der Waals surface area contributed by atoms with Crippen molar-refractivity contribution >= 4 is 5.91 Å². The third-order valence-electron chi connectivity index (χ3n) is 3.87. The monoisotopic (exact) mass is 281 g/mol. The zero-order chi connectivity index (χ0) is 14.7. The fraction of sp³-hybridized carbons (Fsp3) is 0.278. The molecule has 1 heterocycles. The normalized spacial score (nSPS) is 19.0. The molecule has 0 saturated carbocycles. The van der Waals surface area contributed by atoms with Crippen LogP contribution in [0.4, 0.5) is 0 Å². The molecule has 2 aromatic carbocycles. The van der Waals surface area contributed by atoms with Crippen molar-refractivity contribution in [3.05, 3.63) is 71.8 Å². The molecule has 1 aliphatic rings. The Bertz CT molecular complexity index is 550. The van der Waals surface area contributed by atoms with E-state index in [-0.39, 0.29) is 24.2 Å². The second kappa shape index (κ2) is 6.10. The Morgan fingerprint density at radius 1 is 1.00 bits per heavy atom. The Morgan fingerprint density at radius 3 is 1.90 bits per heavy atom. The van der Waals surface area contributed by atoms with Gasteiger partial charge < -0.3 is 10.1 Å². The van der Waals surface area contributed by atoms with Crippen LogP contribution in [0.25, 0.3) is 0 Å². The van der Waals surface area contributed by atoms with Crippen molar-refractivity contribution < 1.29 is 9.53 Å². The largest absolute Gasteiger partial charge is 0.364 e. The molecule has 108 valence electrons. The van der Waals surface area contributed by atoms with Crippen molar-refractivity contribution in [2.45, 2.75) is 31.6 Å². The fourth-order valence-corrected chi connectivity index (χ4v) is 2.58. The average molecular weight is 281 g/mol. The van der Waals surface area contributed by atoms with E-state index in [1.807, 2.05) is 43.3 Å². The molecule has 0 bridgehead atoms. The van der Waals surface area contributed by atoms with Crippen LogP contribution in [0.5, 0.6) is 0 Å². The summed E-state index contributed by atoms with van der Waals surface area (Å²) in [5.41, 5.74) is 2.25. The molecule has 3 rings (SSSR count). The lowest BCUT2D eigenvalue weighted by Crippen LogP contribution is -2.55. The summed E-state index contributed by atoms with van der Waals surface area (Å²) in [6, 6.07) is 20.5. The summed E-state index contributed by atoms with van der Waals surface area (Å²) in [5.74, 6) is 0.103. The van der Waals surface area contributed by atoms with Gasteiger partial charge in [0.05, 0.1) is 12.1 Å². The van der Waals surface area contributed by atoms with Gasteiger partial charge in [0, 0.05) is 6.42 Å². The molecular weight excluding hydrogens is 262 g/mol. The van der Waals surface area contributed by atoms with Crippen LogP contribution in [-0.2, 0) is 9.53 Å². The SMILES string of the molecule is CC(OC(c1ccccc1)c1ccccc1)C1CC(=O)N1. The smallest absolute Gasteiger partial charge is 0.222 e. The van der Waals surface area contributed by atoms with Gasteiger partial charge >= 0.3 is 0 Å². The number of β-lactam (4-membered cyclic amide) rings is 1. The highest BCUT2D eigenvalue weighted by Gasteiger charge is 2.32. The molecule has 0 radical (unpaired) electrons. The molecule has 2 aromatic rings. The maximum atomic E-state index is 11.1. The number of ether oxygens (including phenoxy) is 1. The van der Waals surface area contributed by atoms with Crippen molar-refractivity contribution in [3.8, 4) is 0 Å². The van der Waals surface area contributed by atoms with E-state index < -0.39 is 0 Å². The minimum absolute atomic E-state index is 0.0203. The molecule has 0 aliphatic carbocycles. The van der Waals surface area contributed by atoms with E-state index in [0.717, 1.165) is 11.1 Å². The number of carbonyl (C=O) groups excluding carboxylic acids is 1. The van der Waals surface area contributed by atoms with Gasteiger partial charge in [-0.2, -0.15) is 0 Å². The molecule has 3 nitrogen and oxygen atoms in total. The summed E-state index contributed by atoms with van der Waals surface area (Å²) in [6.07, 6.45) is 0.422. The lowest BCUT2D eigenvalue weighted by Gasteiger charge is -2.34. The summed E-state index contributed by atoms with van der Waals surface area (Å²) in [7, 11) is 0. The number of nitrogens with one attached hydrogen (secondary N) is 1. The minimum atomic E-state index is -0.111. The first kappa shape index (κ1) is 13.8. The molecule has 0 aromatic heterocycles. The first-order valence-electron chi connectivity index (χ1n) is 7.29. The van der Waals surface area contributed by atoms with E-state index in [2.05, 4.69) is 29.6 Å². The molecule has 3 heteroatoms. The van der Waals surface area contributed by atoms with Crippen LogP contribution in [0, 0.1) is 0 Å². The van der Waals surface area contributed by atoms with Crippen molar-refractivity contribution in [1.82, 2.24) is 5.32 Å². The lowest BCUT2D eigenvalue weighted by atomic mass is 9.98. The Kier molecular flexibility index (Phi) is 4.02. The van der Waals surface area contributed by atoms with Crippen LogP contribution in [-0.4, -0.2) is 18.1 Å². The Labute approximate surface area is 124 Å². The van der Waals surface area contributed by atoms with Crippen molar-refractivity contribution in [2.75, 3.05) is 0 Å². The van der Waals surface area contributed by atoms with Gasteiger partial charge in [-0.3, -0.25) is 4.79 Å². The Hall–Kier alpha value is -2.13. The summed E-state index contributed by atoms with van der Waals surface area (Å²) in [6.45, 7) is 2.02. The highest BCUT2D eigenvalue weighted by molar-refractivity contribution is 5.82. The van der Waals surface area contributed by atoms with Gasteiger partial charge in [0.25, 0.3) is 0 Å². The first-order valence-corrected chi connectivity index (χ1v) is 7.29. The second-order valence-electron chi connectivity index (χ2n) is 5.42. The summed E-state index contributed by atoms with van der Waals surface area (Å²) in [5, 5.41) is 2.89. The van der Waals surface area contributed by atoms with Crippen molar-refractivity contribution in [3.63, 3.8) is 0 Å². The van der Waals surface area contributed by atoms with Gasteiger partial charge in [-0.1, -0.05) is 60.7 Å². The number of hydrogen-bond donors (Lipinski definition) is 1. The summed E-state index contributed by atoms with van der Waals surface area (Å²) >= 11 is 0. The quantitative estimate of drug-likeness (QED) is 0.855.